The highest BCUT2D eigenvalue weighted by Crippen LogP contribution is 2.35. The van der Waals surface area contributed by atoms with Crippen molar-refractivity contribution in [3.8, 4) is 17.1 Å². The third-order valence-corrected chi connectivity index (χ3v) is 3.96. The molecule has 29 heavy (non-hydrogen) atoms. The normalized spacial score (nSPS) is 11.2. The largest absolute Gasteiger partial charge is 0.491 e. The van der Waals surface area contributed by atoms with Crippen molar-refractivity contribution in [2.24, 2.45) is 0 Å². The summed E-state index contributed by atoms with van der Waals surface area (Å²) in [6, 6.07) is 12.2. The molecule has 0 radical (unpaired) electrons. The molecule has 0 saturated carbocycles. The van der Waals surface area contributed by atoms with Crippen molar-refractivity contribution in [2.75, 3.05) is 11.9 Å². The first-order chi connectivity index (χ1) is 13.9. The Labute approximate surface area is 165 Å². The Morgan fingerprint density at radius 3 is 2.38 bits per heavy atom. The molecule has 1 heterocycles. The molecular weight excluding hydrogens is 383 g/mol. The molecule has 3 aromatic rings. The lowest BCUT2D eigenvalue weighted by Crippen LogP contribution is -2.15. The number of alkyl halides is 3. The molecular formula is C21H18F3N3O2. The van der Waals surface area contributed by atoms with Crippen LogP contribution in [0.3, 0.4) is 0 Å². The average Bonchev–Trinajstić information content (AvgIpc) is 2.73. The van der Waals surface area contributed by atoms with Crippen molar-refractivity contribution in [3.63, 3.8) is 0 Å². The topological polar surface area (TPSA) is 64.1 Å². The number of halogens is 3. The van der Waals surface area contributed by atoms with E-state index in [2.05, 4.69) is 15.3 Å². The number of benzene rings is 2. The SMILES string of the molecule is CCCOc1ccc(C(F)(F)F)cc1NC(=O)c1cnc(-c2ccccc2)nc1. The van der Waals surface area contributed by atoms with Crippen LogP contribution in [-0.4, -0.2) is 22.5 Å². The van der Waals surface area contributed by atoms with Gasteiger partial charge in [0.15, 0.2) is 5.82 Å². The van der Waals surface area contributed by atoms with Crippen LogP contribution in [0.25, 0.3) is 11.4 Å². The van der Waals surface area contributed by atoms with Gasteiger partial charge in [-0.1, -0.05) is 37.3 Å². The first kappa shape index (κ1) is 20.3. The summed E-state index contributed by atoms with van der Waals surface area (Å²) in [5.74, 6) is -0.0338. The molecule has 1 N–H and O–H groups in total. The molecule has 0 saturated heterocycles. The van der Waals surface area contributed by atoms with Gasteiger partial charge in [-0.05, 0) is 24.6 Å². The van der Waals surface area contributed by atoms with E-state index in [0.717, 1.165) is 17.7 Å². The third-order valence-electron chi connectivity index (χ3n) is 3.96. The van der Waals surface area contributed by atoms with Crippen molar-refractivity contribution >= 4 is 11.6 Å². The van der Waals surface area contributed by atoms with E-state index in [1.54, 1.807) is 0 Å². The average molecular weight is 401 g/mol. The lowest BCUT2D eigenvalue weighted by molar-refractivity contribution is -0.137. The summed E-state index contributed by atoms with van der Waals surface area (Å²) in [4.78, 5) is 20.8. The fourth-order valence-corrected chi connectivity index (χ4v) is 2.52. The molecule has 1 aromatic heterocycles. The zero-order chi connectivity index (χ0) is 20.9. The molecule has 0 unspecified atom stereocenters. The highest BCUT2D eigenvalue weighted by molar-refractivity contribution is 6.04. The van der Waals surface area contributed by atoms with Gasteiger partial charge in [-0.15, -0.1) is 0 Å². The Morgan fingerprint density at radius 1 is 1.07 bits per heavy atom. The molecule has 0 aliphatic rings. The molecule has 0 aliphatic carbocycles. The Morgan fingerprint density at radius 2 is 1.76 bits per heavy atom. The predicted molar refractivity (Wildman–Crippen MR) is 103 cm³/mol. The molecule has 150 valence electrons. The van der Waals surface area contributed by atoms with Gasteiger partial charge in [-0.2, -0.15) is 13.2 Å². The van der Waals surface area contributed by atoms with Crippen LogP contribution in [0.1, 0.15) is 29.3 Å². The zero-order valence-electron chi connectivity index (χ0n) is 15.5. The monoisotopic (exact) mass is 401 g/mol. The van der Waals surface area contributed by atoms with Gasteiger partial charge in [0.2, 0.25) is 0 Å². The van der Waals surface area contributed by atoms with Crippen molar-refractivity contribution in [1.82, 2.24) is 9.97 Å². The number of rotatable bonds is 6. The number of nitrogens with one attached hydrogen (secondary N) is 1. The van der Waals surface area contributed by atoms with E-state index in [1.807, 2.05) is 37.3 Å². The standard InChI is InChI=1S/C21H18F3N3O2/c1-2-10-29-18-9-8-16(21(22,23)24)11-17(18)27-20(28)15-12-25-19(26-13-15)14-6-4-3-5-7-14/h3-9,11-13H,2,10H2,1H3,(H,27,28). The lowest BCUT2D eigenvalue weighted by atomic mass is 10.1. The number of hydrogen-bond acceptors (Lipinski definition) is 4. The molecule has 0 bridgehead atoms. The van der Waals surface area contributed by atoms with Gasteiger partial charge < -0.3 is 10.1 Å². The van der Waals surface area contributed by atoms with Gasteiger partial charge in [-0.25, -0.2) is 9.97 Å². The Hall–Kier alpha value is -3.42. The van der Waals surface area contributed by atoms with Crippen LogP contribution in [0.15, 0.2) is 60.9 Å². The highest BCUT2D eigenvalue weighted by atomic mass is 19.4. The predicted octanol–water partition coefficient (Wildman–Crippen LogP) is 5.20. The molecule has 1 amide bonds. The Bertz CT molecular complexity index is 975. The number of aromatic nitrogens is 2. The minimum absolute atomic E-state index is 0.0644. The summed E-state index contributed by atoms with van der Waals surface area (Å²) < 4.78 is 44.6. The van der Waals surface area contributed by atoms with E-state index in [4.69, 9.17) is 4.74 Å². The van der Waals surface area contributed by atoms with E-state index in [-0.39, 0.29) is 17.0 Å². The maximum atomic E-state index is 13.0. The molecule has 5 nitrogen and oxygen atoms in total. The van der Waals surface area contributed by atoms with Crippen LogP contribution in [0, 0.1) is 0 Å². The number of anilines is 1. The summed E-state index contributed by atoms with van der Waals surface area (Å²) in [5.41, 5.74) is -0.0474. The number of carbonyl (C=O) groups is 1. The molecule has 3 rings (SSSR count). The van der Waals surface area contributed by atoms with Crippen LogP contribution in [-0.2, 0) is 6.18 Å². The maximum Gasteiger partial charge on any atom is 0.416 e. The quantitative estimate of drug-likeness (QED) is 0.616. The van der Waals surface area contributed by atoms with Crippen LogP contribution in [0.4, 0.5) is 18.9 Å². The maximum absolute atomic E-state index is 13.0. The van der Waals surface area contributed by atoms with Gasteiger partial charge in [-0.3, -0.25) is 4.79 Å². The number of ether oxygens (including phenoxy) is 1. The minimum Gasteiger partial charge on any atom is -0.491 e. The van der Waals surface area contributed by atoms with E-state index in [0.29, 0.717) is 18.9 Å². The molecule has 0 spiro atoms. The van der Waals surface area contributed by atoms with Gasteiger partial charge in [0.1, 0.15) is 5.75 Å². The number of carbonyl (C=O) groups excluding carboxylic acids is 1. The highest BCUT2D eigenvalue weighted by Gasteiger charge is 2.31. The molecule has 0 fully saturated rings. The summed E-state index contributed by atoms with van der Waals surface area (Å²) in [6.07, 6.45) is -1.22. The van der Waals surface area contributed by atoms with Gasteiger partial charge in [0.25, 0.3) is 5.91 Å². The van der Waals surface area contributed by atoms with E-state index < -0.39 is 17.6 Å². The van der Waals surface area contributed by atoms with Crippen molar-refractivity contribution in [1.29, 1.82) is 0 Å². The van der Waals surface area contributed by atoms with E-state index in [1.165, 1.54) is 18.5 Å². The van der Waals surface area contributed by atoms with Crippen LogP contribution in [0.5, 0.6) is 5.75 Å². The van der Waals surface area contributed by atoms with Crippen LogP contribution < -0.4 is 10.1 Å². The lowest BCUT2D eigenvalue weighted by Gasteiger charge is -2.15. The van der Waals surface area contributed by atoms with E-state index in [9.17, 15) is 18.0 Å². The Balaban J connectivity index is 1.83. The summed E-state index contributed by atoms with van der Waals surface area (Å²) in [5, 5.41) is 2.46. The minimum atomic E-state index is -4.54. The molecule has 2 aromatic carbocycles. The summed E-state index contributed by atoms with van der Waals surface area (Å²) in [7, 11) is 0. The van der Waals surface area contributed by atoms with Crippen molar-refractivity contribution < 1.29 is 22.7 Å². The summed E-state index contributed by atoms with van der Waals surface area (Å²) >= 11 is 0. The zero-order valence-corrected chi connectivity index (χ0v) is 15.5. The summed E-state index contributed by atoms with van der Waals surface area (Å²) in [6.45, 7) is 2.18. The van der Waals surface area contributed by atoms with E-state index >= 15 is 0 Å². The second-order valence-corrected chi connectivity index (χ2v) is 6.17. The second kappa shape index (κ2) is 8.72. The molecule has 8 heteroatoms. The number of hydrogen-bond donors (Lipinski definition) is 1. The molecule has 0 aliphatic heterocycles. The number of amides is 1. The fourth-order valence-electron chi connectivity index (χ4n) is 2.52. The number of nitrogens with zero attached hydrogens (tertiary/aromatic N) is 2. The molecule has 0 atom stereocenters. The van der Waals surface area contributed by atoms with Crippen LogP contribution in [0.2, 0.25) is 0 Å². The fraction of sp³-hybridized carbons (Fsp3) is 0.190. The van der Waals surface area contributed by atoms with Crippen molar-refractivity contribution in [3.05, 3.63) is 72.1 Å². The smallest absolute Gasteiger partial charge is 0.416 e. The van der Waals surface area contributed by atoms with Crippen LogP contribution >= 0.6 is 0 Å². The first-order valence-corrected chi connectivity index (χ1v) is 8.91. The van der Waals surface area contributed by atoms with Crippen molar-refractivity contribution in [2.45, 2.75) is 19.5 Å². The van der Waals surface area contributed by atoms with Gasteiger partial charge in [0, 0.05) is 18.0 Å². The Kier molecular flexibility index (Phi) is 6.11. The second-order valence-electron chi connectivity index (χ2n) is 6.17. The third kappa shape index (κ3) is 5.10. The van der Waals surface area contributed by atoms with Gasteiger partial charge >= 0.3 is 6.18 Å². The van der Waals surface area contributed by atoms with Gasteiger partial charge in [0.05, 0.1) is 23.4 Å². The first-order valence-electron chi connectivity index (χ1n) is 8.91.